The molecule has 16 heavy (non-hydrogen) atoms. The number of amidine groups is 1. The number of hydrogen-bond acceptors (Lipinski definition) is 3. The molecule has 1 saturated carbocycles. The minimum Gasteiger partial charge on any atom is -0.304 e. The lowest BCUT2D eigenvalue weighted by molar-refractivity contribution is -0.118. The fraction of sp³-hybridized carbons (Fsp3) is 0.667. The Morgan fingerprint density at radius 1 is 1.50 bits per heavy atom. The maximum atomic E-state index is 11.5. The standard InChI is InChI=1S/C12H16N2OS/c1-2-10-11(15)14-12(16-10)13-9-6-7-3-4-8(9)5-7/h3-4,7-10H,2,5-6H2,1H3,(H,13,14,15). The Labute approximate surface area is 99.8 Å². The molecule has 3 rings (SSSR count). The van der Waals surface area contributed by atoms with Gasteiger partial charge in [-0.25, -0.2) is 0 Å². The number of carbonyl (C=O) groups is 1. The van der Waals surface area contributed by atoms with E-state index >= 15 is 0 Å². The molecule has 2 bridgehead atoms. The van der Waals surface area contributed by atoms with Crippen molar-refractivity contribution in [3.8, 4) is 0 Å². The third-order valence-electron chi connectivity index (χ3n) is 3.67. The highest BCUT2D eigenvalue weighted by Crippen LogP contribution is 2.41. The first-order valence-electron chi connectivity index (χ1n) is 6.00. The smallest absolute Gasteiger partial charge is 0.239 e. The average molecular weight is 236 g/mol. The molecule has 0 aromatic heterocycles. The van der Waals surface area contributed by atoms with Crippen molar-refractivity contribution in [3.05, 3.63) is 12.2 Å². The van der Waals surface area contributed by atoms with Gasteiger partial charge < -0.3 is 5.32 Å². The third-order valence-corrected chi connectivity index (χ3v) is 4.94. The van der Waals surface area contributed by atoms with Crippen molar-refractivity contribution in [1.29, 1.82) is 0 Å². The van der Waals surface area contributed by atoms with Crippen molar-refractivity contribution >= 4 is 22.8 Å². The van der Waals surface area contributed by atoms with Gasteiger partial charge in [0.15, 0.2) is 5.17 Å². The van der Waals surface area contributed by atoms with Gasteiger partial charge in [-0.05, 0) is 31.1 Å². The van der Waals surface area contributed by atoms with Crippen LogP contribution in [0.4, 0.5) is 0 Å². The largest absolute Gasteiger partial charge is 0.304 e. The predicted molar refractivity (Wildman–Crippen MR) is 66.4 cm³/mol. The van der Waals surface area contributed by atoms with Gasteiger partial charge >= 0.3 is 0 Å². The zero-order chi connectivity index (χ0) is 11.1. The third kappa shape index (κ3) is 1.69. The van der Waals surface area contributed by atoms with Crippen LogP contribution in [0.3, 0.4) is 0 Å². The molecule has 0 spiro atoms. The summed E-state index contributed by atoms with van der Waals surface area (Å²) in [7, 11) is 0. The predicted octanol–water partition coefficient (Wildman–Crippen LogP) is 1.95. The van der Waals surface area contributed by atoms with Gasteiger partial charge in [0.05, 0.1) is 11.3 Å². The molecule has 4 atom stereocenters. The molecule has 0 aromatic carbocycles. The van der Waals surface area contributed by atoms with Crippen molar-refractivity contribution < 1.29 is 4.79 Å². The maximum Gasteiger partial charge on any atom is 0.239 e. The quantitative estimate of drug-likeness (QED) is 0.745. The Morgan fingerprint density at radius 2 is 2.38 bits per heavy atom. The van der Waals surface area contributed by atoms with Gasteiger partial charge in [0, 0.05) is 0 Å². The van der Waals surface area contributed by atoms with E-state index in [2.05, 4.69) is 17.5 Å². The molecular weight excluding hydrogens is 220 g/mol. The van der Waals surface area contributed by atoms with E-state index in [0.29, 0.717) is 12.0 Å². The van der Waals surface area contributed by atoms with Crippen LogP contribution in [0.25, 0.3) is 0 Å². The van der Waals surface area contributed by atoms with E-state index in [-0.39, 0.29) is 11.2 Å². The van der Waals surface area contributed by atoms with Crippen LogP contribution in [0.5, 0.6) is 0 Å². The highest BCUT2D eigenvalue weighted by atomic mass is 32.2. The Hall–Kier alpha value is -0.770. The van der Waals surface area contributed by atoms with Crippen LogP contribution >= 0.6 is 11.8 Å². The number of thioether (sulfide) groups is 1. The minimum atomic E-state index is 0.0767. The van der Waals surface area contributed by atoms with Crippen LogP contribution in [-0.4, -0.2) is 22.4 Å². The first-order valence-corrected chi connectivity index (χ1v) is 6.88. The highest BCUT2D eigenvalue weighted by molar-refractivity contribution is 8.15. The van der Waals surface area contributed by atoms with E-state index < -0.39 is 0 Å². The average Bonchev–Trinajstić information content (AvgIpc) is 2.93. The number of rotatable bonds is 2. The van der Waals surface area contributed by atoms with Gasteiger partial charge in [-0.3, -0.25) is 9.79 Å². The molecule has 4 unspecified atom stereocenters. The zero-order valence-corrected chi connectivity index (χ0v) is 10.2. The van der Waals surface area contributed by atoms with Crippen LogP contribution in [-0.2, 0) is 4.79 Å². The molecule has 1 amide bonds. The summed E-state index contributed by atoms with van der Waals surface area (Å²) in [5.74, 6) is 1.49. The fourth-order valence-electron chi connectivity index (χ4n) is 2.79. The van der Waals surface area contributed by atoms with E-state index in [1.165, 1.54) is 6.42 Å². The number of carbonyl (C=O) groups excluding carboxylic acids is 1. The van der Waals surface area contributed by atoms with Gasteiger partial charge in [0.2, 0.25) is 5.91 Å². The molecule has 1 heterocycles. The van der Waals surface area contributed by atoms with Crippen molar-refractivity contribution in [2.45, 2.75) is 37.5 Å². The summed E-state index contributed by atoms with van der Waals surface area (Å²) < 4.78 is 0. The lowest BCUT2D eigenvalue weighted by atomic mass is 10.0. The number of nitrogens with zero attached hydrogens (tertiary/aromatic N) is 1. The molecular formula is C12H16N2OS. The van der Waals surface area contributed by atoms with E-state index in [1.807, 2.05) is 6.92 Å². The van der Waals surface area contributed by atoms with Gasteiger partial charge in [-0.2, -0.15) is 0 Å². The normalized spacial score (nSPS) is 43.3. The second-order valence-electron chi connectivity index (χ2n) is 4.79. The second kappa shape index (κ2) is 3.91. The molecule has 3 aliphatic rings. The molecule has 3 nitrogen and oxygen atoms in total. The summed E-state index contributed by atoms with van der Waals surface area (Å²) >= 11 is 1.60. The Kier molecular flexibility index (Phi) is 2.54. The van der Waals surface area contributed by atoms with Crippen LogP contribution in [0.15, 0.2) is 17.1 Å². The summed E-state index contributed by atoms with van der Waals surface area (Å²) in [4.78, 5) is 16.2. The molecule has 1 N–H and O–H groups in total. The monoisotopic (exact) mass is 236 g/mol. The number of allylic oxidation sites excluding steroid dienone is 1. The molecule has 86 valence electrons. The number of nitrogens with one attached hydrogen (secondary N) is 1. The zero-order valence-electron chi connectivity index (χ0n) is 9.35. The second-order valence-corrected chi connectivity index (χ2v) is 5.98. The summed E-state index contributed by atoms with van der Waals surface area (Å²) in [5.41, 5.74) is 0. The SMILES string of the molecule is CCC1SC(=NC2CC3C=CC2C3)NC1=O. The van der Waals surface area contributed by atoms with Crippen molar-refractivity contribution in [2.24, 2.45) is 16.8 Å². The van der Waals surface area contributed by atoms with Gasteiger partial charge in [-0.1, -0.05) is 30.8 Å². The summed E-state index contributed by atoms with van der Waals surface area (Å²) in [5, 5.41) is 3.82. The maximum absolute atomic E-state index is 11.5. The number of amides is 1. The Balaban J connectivity index is 1.70. The van der Waals surface area contributed by atoms with E-state index in [4.69, 9.17) is 4.99 Å². The minimum absolute atomic E-state index is 0.0767. The molecule has 1 aliphatic heterocycles. The number of fused-ring (bicyclic) bond motifs is 2. The molecule has 2 aliphatic carbocycles. The van der Waals surface area contributed by atoms with Crippen molar-refractivity contribution in [3.63, 3.8) is 0 Å². The lowest BCUT2D eigenvalue weighted by Crippen LogP contribution is -2.25. The fourth-order valence-corrected chi connectivity index (χ4v) is 3.74. The van der Waals surface area contributed by atoms with Crippen molar-refractivity contribution in [1.82, 2.24) is 5.32 Å². The first-order chi connectivity index (χ1) is 7.76. The Morgan fingerprint density at radius 3 is 2.94 bits per heavy atom. The molecule has 2 fully saturated rings. The topological polar surface area (TPSA) is 41.5 Å². The van der Waals surface area contributed by atoms with Crippen LogP contribution in [0.2, 0.25) is 0 Å². The van der Waals surface area contributed by atoms with Crippen LogP contribution in [0.1, 0.15) is 26.2 Å². The Bertz CT molecular complexity index is 377. The summed E-state index contributed by atoms with van der Waals surface area (Å²) in [6.07, 6.45) is 7.92. The van der Waals surface area contributed by atoms with Gasteiger partial charge in [0.1, 0.15) is 0 Å². The highest BCUT2D eigenvalue weighted by Gasteiger charge is 2.37. The van der Waals surface area contributed by atoms with E-state index in [1.54, 1.807) is 11.8 Å². The van der Waals surface area contributed by atoms with E-state index in [0.717, 1.165) is 23.9 Å². The van der Waals surface area contributed by atoms with Crippen LogP contribution in [0, 0.1) is 11.8 Å². The summed E-state index contributed by atoms with van der Waals surface area (Å²) in [6.45, 7) is 2.04. The summed E-state index contributed by atoms with van der Waals surface area (Å²) in [6, 6.07) is 0.411. The molecule has 4 heteroatoms. The molecule has 1 saturated heterocycles. The first kappa shape index (κ1) is 10.4. The van der Waals surface area contributed by atoms with Gasteiger partial charge in [-0.15, -0.1) is 0 Å². The number of aliphatic imine (C=N–C) groups is 1. The molecule has 0 radical (unpaired) electrons. The van der Waals surface area contributed by atoms with Gasteiger partial charge in [0.25, 0.3) is 0 Å². The lowest BCUT2D eigenvalue weighted by Gasteiger charge is -2.13. The van der Waals surface area contributed by atoms with Crippen LogP contribution < -0.4 is 5.32 Å². The van der Waals surface area contributed by atoms with E-state index in [9.17, 15) is 4.79 Å². The molecule has 0 aromatic rings. The van der Waals surface area contributed by atoms with Crippen molar-refractivity contribution in [2.75, 3.05) is 0 Å². The number of hydrogen-bond donors (Lipinski definition) is 1.